The first kappa shape index (κ1) is 24.1. The molecule has 0 aliphatic heterocycles. The molecule has 5 rings (SSSR count). The molecule has 0 saturated heterocycles. The van der Waals surface area contributed by atoms with Crippen molar-refractivity contribution < 1.29 is 4.74 Å². The van der Waals surface area contributed by atoms with Crippen molar-refractivity contribution in [2.75, 3.05) is 6.61 Å². The molecule has 1 aromatic rings. The van der Waals surface area contributed by atoms with Gasteiger partial charge in [-0.1, -0.05) is 75.4 Å². The topological polar surface area (TPSA) is 9.23 Å². The van der Waals surface area contributed by atoms with Gasteiger partial charge in [-0.3, -0.25) is 0 Å². The molecule has 2 bridgehead atoms. The lowest BCUT2D eigenvalue weighted by Crippen LogP contribution is -2.44. The van der Waals surface area contributed by atoms with Crippen LogP contribution < -0.4 is 0 Å². The van der Waals surface area contributed by atoms with Crippen molar-refractivity contribution in [3.05, 3.63) is 47.5 Å². The molecule has 1 nitrogen and oxygen atoms in total. The van der Waals surface area contributed by atoms with E-state index in [-0.39, 0.29) is 0 Å². The summed E-state index contributed by atoms with van der Waals surface area (Å²) in [6.45, 7) is 5.17. The summed E-state index contributed by atoms with van der Waals surface area (Å²) in [5, 5.41) is 0. The van der Waals surface area contributed by atoms with E-state index < -0.39 is 0 Å². The Bertz CT molecular complexity index is 682. The quantitative estimate of drug-likeness (QED) is 0.248. The monoisotopic (exact) mass is 436 g/mol. The second-order valence-electron chi connectivity index (χ2n) is 11.4. The Labute approximate surface area is 198 Å². The number of rotatable bonds is 11. The highest BCUT2D eigenvalue weighted by molar-refractivity contribution is 5.33. The molecular formula is C31H48O. The van der Waals surface area contributed by atoms with Gasteiger partial charge in [-0.2, -0.15) is 0 Å². The van der Waals surface area contributed by atoms with Crippen LogP contribution in [0.2, 0.25) is 0 Å². The standard InChI is InChI=1S/C31H48O/c1-3-5-7-8-9-18-30-19-22-31(23-20-30,24-21-30)28-14-10-26(11-15-28)27-12-16-29(17-13-27)32-25-6-4-2/h4,6,10-11,14-15,27,29H,3,5,7-9,12-13,16-25H2,1-2H3/b6-4+/t27-,29-,30?,31?. The minimum absolute atomic E-state index is 0.469. The number of hydrogen-bond donors (Lipinski definition) is 0. The van der Waals surface area contributed by atoms with Crippen molar-refractivity contribution >= 4 is 0 Å². The van der Waals surface area contributed by atoms with Crippen LogP contribution >= 0.6 is 0 Å². The summed E-state index contributed by atoms with van der Waals surface area (Å²) in [6, 6.07) is 10.0. The van der Waals surface area contributed by atoms with E-state index in [2.05, 4.69) is 50.3 Å². The van der Waals surface area contributed by atoms with Gasteiger partial charge in [0, 0.05) is 0 Å². The van der Waals surface area contributed by atoms with Gasteiger partial charge >= 0.3 is 0 Å². The second-order valence-corrected chi connectivity index (χ2v) is 11.4. The van der Waals surface area contributed by atoms with Crippen LogP contribution in [0.3, 0.4) is 0 Å². The van der Waals surface area contributed by atoms with Crippen molar-refractivity contribution in [1.82, 2.24) is 0 Å². The average molecular weight is 437 g/mol. The minimum atomic E-state index is 0.469. The van der Waals surface area contributed by atoms with Gasteiger partial charge < -0.3 is 4.74 Å². The molecule has 0 amide bonds. The Kier molecular flexibility index (Phi) is 8.55. The number of ether oxygens (including phenoxy) is 1. The number of allylic oxidation sites excluding steroid dienone is 1. The van der Waals surface area contributed by atoms with E-state index in [1.165, 1.54) is 103 Å². The van der Waals surface area contributed by atoms with Crippen LogP contribution in [0.4, 0.5) is 0 Å². The molecule has 0 aromatic heterocycles. The molecule has 1 heteroatoms. The zero-order valence-electron chi connectivity index (χ0n) is 21.0. The molecule has 4 aliphatic carbocycles. The molecule has 0 unspecified atom stereocenters. The predicted octanol–water partition coefficient (Wildman–Crippen LogP) is 9.26. The van der Waals surface area contributed by atoms with E-state index in [9.17, 15) is 0 Å². The summed E-state index contributed by atoms with van der Waals surface area (Å²) in [5.41, 5.74) is 4.44. The Morgan fingerprint density at radius 2 is 1.50 bits per heavy atom. The largest absolute Gasteiger partial charge is 0.374 e. The van der Waals surface area contributed by atoms with Crippen molar-refractivity contribution in [2.24, 2.45) is 5.41 Å². The van der Waals surface area contributed by atoms with Crippen molar-refractivity contribution in [1.29, 1.82) is 0 Å². The molecular weight excluding hydrogens is 388 g/mol. The van der Waals surface area contributed by atoms with Gasteiger partial charge in [0.25, 0.3) is 0 Å². The lowest BCUT2D eigenvalue weighted by atomic mass is 9.51. The van der Waals surface area contributed by atoms with Gasteiger partial charge in [-0.15, -0.1) is 0 Å². The predicted molar refractivity (Wildman–Crippen MR) is 137 cm³/mol. The fraction of sp³-hybridized carbons (Fsp3) is 0.742. The van der Waals surface area contributed by atoms with Crippen molar-refractivity contribution in [3.63, 3.8) is 0 Å². The maximum absolute atomic E-state index is 6.00. The number of hydrogen-bond acceptors (Lipinski definition) is 1. The fourth-order valence-corrected chi connectivity index (χ4v) is 7.13. The number of benzene rings is 1. The third kappa shape index (κ3) is 5.69. The van der Waals surface area contributed by atoms with Gasteiger partial charge in [0.2, 0.25) is 0 Å². The van der Waals surface area contributed by atoms with Crippen LogP contribution in [-0.4, -0.2) is 12.7 Å². The highest BCUT2D eigenvalue weighted by Gasteiger charge is 2.48. The molecule has 0 heterocycles. The Hall–Kier alpha value is -1.08. The third-order valence-electron chi connectivity index (χ3n) is 9.54. The van der Waals surface area contributed by atoms with Crippen LogP contribution in [0.5, 0.6) is 0 Å². The highest BCUT2D eigenvalue weighted by atomic mass is 16.5. The molecule has 0 atom stereocenters. The lowest BCUT2D eigenvalue weighted by molar-refractivity contribution is 0.0304. The fourth-order valence-electron chi connectivity index (χ4n) is 7.13. The highest BCUT2D eigenvalue weighted by Crippen LogP contribution is 2.59. The number of unbranched alkanes of at least 4 members (excludes halogenated alkanes) is 4. The summed E-state index contributed by atoms with van der Waals surface area (Å²) in [6.07, 6.45) is 27.1. The molecule has 4 aliphatic rings. The molecule has 32 heavy (non-hydrogen) atoms. The van der Waals surface area contributed by atoms with Crippen LogP contribution in [0.25, 0.3) is 0 Å². The van der Waals surface area contributed by atoms with Crippen LogP contribution in [0, 0.1) is 5.41 Å². The summed E-state index contributed by atoms with van der Waals surface area (Å²) >= 11 is 0. The van der Waals surface area contributed by atoms with Crippen molar-refractivity contribution in [3.8, 4) is 0 Å². The zero-order chi connectivity index (χ0) is 22.3. The van der Waals surface area contributed by atoms with Gasteiger partial charge in [-0.25, -0.2) is 0 Å². The molecule has 0 spiro atoms. The van der Waals surface area contributed by atoms with Gasteiger partial charge in [-0.05, 0) is 105 Å². The Morgan fingerprint density at radius 1 is 0.844 bits per heavy atom. The van der Waals surface area contributed by atoms with E-state index in [1.807, 2.05) is 0 Å². The number of fused-ring (bicyclic) bond motifs is 3. The first-order valence-corrected chi connectivity index (χ1v) is 14.0. The molecule has 178 valence electrons. The van der Waals surface area contributed by atoms with Crippen LogP contribution in [-0.2, 0) is 10.2 Å². The minimum Gasteiger partial charge on any atom is -0.374 e. The molecule has 0 radical (unpaired) electrons. The summed E-state index contributed by atoms with van der Waals surface area (Å²) in [5.74, 6) is 0.737. The molecule has 4 fully saturated rings. The smallest absolute Gasteiger partial charge is 0.0651 e. The van der Waals surface area contributed by atoms with E-state index in [0.717, 1.165) is 12.5 Å². The first-order valence-electron chi connectivity index (χ1n) is 14.0. The van der Waals surface area contributed by atoms with E-state index in [4.69, 9.17) is 4.74 Å². The van der Waals surface area contributed by atoms with E-state index >= 15 is 0 Å². The lowest BCUT2D eigenvalue weighted by Gasteiger charge is -2.54. The van der Waals surface area contributed by atoms with Crippen molar-refractivity contribution in [2.45, 2.75) is 134 Å². The van der Waals surface area contributed by atoms with E-state index in [0.29, 0.717) is 16.9 Å². The van der Waals surface area contributed by atoms with Gasteiger partial charge in [0.15, 0.2) is 0 Å². The Morgan fingerprint density at radius 3 is 2.12 bits per heavy atom. The second kappa shape index (κ2) is 11.4. The summed E-state index contributed by atoms with van der Waals surface area (Å²) < 4.78 is 6.00. The maximum atomic E-state index is 6.00. The Balaban J connectivity index is 1.26. The third-order valence-corrected chi connectivity index (χ3v) is 9.54. The average Bonchev–Trinajstić information content (AvgIpc) is 2.86. The molecule has 1 aromatic carbocycles. The van der Waals surface area contributed by atoms with Crippen LogP contribution in [0.1, 0.15) is 134 Å². The normalized spacial score (nSPS) is 32.6. The molecule has 4 saturated carbocycles. The molecule has 0 N–H and O–H groups in total. The van der Waals surface area contributed by atoms with E-state index in [1.54, 1.807) is 11.1 Å². The van der Waals surface area contributed by atoms with Gasteiger partial charge in [0.05, 0.1) is 12.7 Å². The zero-order valence-corrected chi connectivity index (χ0v) is 21.0. The maximum Gasteiger partial charge on any atom is 0.0651 e. The van der Waals surface area contributed by atoms with Crippen LogP contribution in [0.15, 0.2) is 36.4 Å². The first-order chi connectivity index (χ1) is 15.7. The SMILES string of the molecule is C/C=C/CO[C@H]1CC[C@H](c2ccc(C34CCC(CCCCCCC)(CC3)CC4)cc2)CC1. The van der Waals surface area contributed by atoms with Gasteiger partial charge in [0.1, 0.15) is 0 Å². The summed E-state index contributed by atoms with van der Waals surface area (Å²) in [7, 11) is 0. The summed E-state index contributed by atoms with van der Waals surface area (Å²) in [4.78, 5) is 0.